The number of halogens is 1. The van der Waals surface area contributed by atoms with E-state index in [4.69, 9.17) is 10.5 Å². The molecule has 4 nitrogen and oxygen atoms in total. The molecule has 0 aromatic carbocycles. The van der Waals surface area contributed by atoms with Gasteiger partial charge < -0.3 is 10.5 Å². The highest BCUT2D eigenvalue weighted by atomic mass is 19.1. The summed E-state index contributed by atoms with van der Waals surface area (Å²) in [4.78, 5) is 12.3. The molecule has 1 amide bonds. The zero-order valence-corrected chi connectivity index (χ0v) is 8.28. The van der Waals surface area contributed by atoms with Crippen LogP contribution >= 0.6 is 0 Å². The lowest BCUT2D eigenvalue weighted by Gasteiger charge is -2.33. The van der Waals surface area contributed by atoms with Gasteiger partial charge in [0.25, 0.3) is 0 Å². The lowest BCUT2D eigenvalue weighted by molar-refractivity contribution is -0.115. The summed E-state index contributed by atoms with van der Waals surface area (Å²) in [5.41, 5.74) is 4.96. The maximum atomic E-state index is 13.3. The summed E-state index contributed by atoms with van der Waals surface area (Å²) in [6.07, 6.45) is 0.735. The summed E-state index contributed by atoms with van der Waals surface area (Å²) >= 11 is 0. The Balaban J connectivity index is 2.27. The van der Waals surface area contributed by atoms with Gasteiger partial charge in [0.1, 0.15) is 6.17 Å². The second kappa shape index (κ2) is 5.26. The van der Waals surface area contributed by atoms with E-state index in [0.717, 1.165) is 6.54 Å². The van der Waals surface area contributed by atoms with Crippen LogP contribution in [0.5, 0.6) is 0 Å². The Morgan fingerprint density at radius 2 is 2.50 bits per heavy atom. The molecule has 5 heteroatoms. The normalized spacial score (nSPS) is 29.0. The monoisotopic (exact) mass is 203 g/mol. The topological polar surface area (TPSA) is 55.6 Å². The van der Waals surface area contributed by atoms with Crippen LogP contribution in [0.4, 0.5) is 4.39 Å². The third-order valence-electron chi connectivity index (χ3n) is 2.42. The molecular formula is C9H16FN2O2. The minimum Gasteiger partial charge on any atom is -0.378 e. The smallest absolute Gasteiger partial charge is 0.222 e. The molecule has 0 aromatic heterocycles. The van der Waals surface area contributed by atoms with Crippen LogP contribution < -0.4 is 5.73 Å². The number of methoxy groups -OCH3 is 1. The number of nitrogens with two attached hydrogens (primary N) is 1. The molecule has 1 heterocycles. The van der Waals surface area contributed by atoms with Crippen LogP contribution in [0.2, 0.25) is 0 Å². The molecule has 2 unspecified atom stereocenters. The van der Waals surface area contributed by atoms with Crippen molar-refractivity contribution < 1.29 is 13.9 Å². The predicted octanol–water partition coefficient (Wildman–Crippen LogP) is -0.265. The number of carbonyl (C=O) groups excluding carboxylic acids is 1. The lowest BCUT2D eigenvalue weighted by atomic mass is 10.1. The van der Waals surface area contributed by atoms with Crippen molar-refractivity contribution in [1.82, 2.24) is 4.90 Å². The van der Waals surface area contributed by atoms with Crippen molar-refractivity contribution in [3.63, 3.8) is 0 Å². The Kier molecular flexibility index (Phi) is 4.28. The largest absolute Gasteiger partial charge is 0.378 e. The van der Waals surface area contributed by atoms with Gasteiger partial charge in [-0.25, -0.2) is 4.39 Å². The van der Waals surface area contributed by atoms with E-state index in [1.165, 1.54) is 13.5 Å². The number of nitrogens with zero attached hydrogens (tertiary/aromatic N) is 1. The molecule has 2 N–H and O–H groups in total. The van der Waals surface area contributed by atoms with E-state index in [9.17, 15) is 9.18 Å². The van der Waals surface area contributed by atoms with Gasteiger partial charge in [-0.15, -0.1) is 0 Å². The van der Waals surface area contributed by atoms with Crippen LogP contribution in [0.1, 0.15) is 6.42 Å². The minimum atomic E-state index is -0.977. The molecule has 1 aliphatic rings. The first-order valence-electron chi connectivity index (χ1n) is 4.65. The van der Waals surface area contributed by atoms with Gasteiger partial charge in [-0.3, -0.25) is 9.69 Å². The first-order valence-corrected chi connectivity index (χ1v) is 4.65. The fourth-order valence-electron chi connectivity index (χ4n) is 1.60. The first kappa shape index (κ1) is 11.4. The molecule has 0 spiro atoms. The van der Waals surface area contributed by atoms with Crippen molar-refractivity contribution in [2.75, 3.05) is 26.7 Å². The van der Waals surface area contributed by atoms with Crippen LogP contribution in [0.25, 0.3) is 0 Å². The van der Waals surface area contributed by atoms with Gasteiger partial charge in [0.15, 0.2) is 0 Å². The molecule has 1 aliphatic heterocycles. The number of amides is 1. The number of ether oxygens (including phenoxy) is 1. The average molecular weight is 203 g/mol. The molecule has 1 fully saturated rings. The van der Waals surface area contributed by atoms with Crippen LogP contribution in [0.3, 0.4) is 0 Å². The summed E-state index contributed by atoms with van der Waals surface area (Å²) < 4.78 is 18.3. The quantitative estimate of drug-likeness (QED) is 0.684. The van der Waals surface area contributed by atoms with Gasteiger partial charge in [-0.1, -0.05) is 0 Å². The van der Waals surface area contributed by atoms with Crippen molar-refractivity contribution in [2.45, 2.75) is 18.7 Å². The summed E-state index contributed by atoms with van der Waals surface area (Å²) in [6.45, 7) is 1.47. The van der Waals surface area contributed by atoms with Gasteiger partial charge in [-0.2, -0.15) is 0 Å². The van der Waals surface area contributed by atoms with Gasteiger partial charge >= 0.3 is 0 Å². The summed E-state index contributed by atoms with van der Waals surface area (Å²) in [7, 11) is 1.52. The number of hydrogen-bond acceptors (Lipinski definition) is 3. The second-order valence-corrected chi connectivity index (χ2v) is 3.44. The third kappa shape index (κ3) is 3.23. The second-order valence-electron chi connectivity index (χ2n) is 3.44. The van der Waals surface area contributed by atoms with Crippen molar-refractivity contribution in [3.8, 4) is 0 Å². The zero-order valence-electron chi connectivity index (χ0n) is 8.28. The van der Waals surface area contributed by atoms with E-state index in [1.54, 1.807) is 0 Å². The van der Waals surface area contributed by atoms with Crippen molar-refractivity contribution >= 4 is 5.91 Å². The Labute approximate surface area is 83.2 Å². The summed E-state index contributed by atoms with van der Waals surface area (Å²) in [6, 6.07) is 0. The molecule has 0 bridgehead atoms. The number of hydrogen-bond donors (Lipinski definition) is 1. The molecule has 1 rings (SSSR count). The Morgan fingerprint density at radius 3 is 3.00 bits per heavy atom. The molecular weight excluding hydrogens is 187 g/mol. The Hall–Kier alpha value is -0.680. The lowest BCUT2D eigenvalue weighted by Crippen LogP contribution is -2.46. The molecule has 0 aliphatic carbocycles. The molecule has 81 valence electrons. The fourth-order valence-corrected chi connectivity index (χ4v) is 1.60. The first-order chi connectivity index (χ1) is 6.63. The molecule has 1 saturated heterocycles. The number of likely N-dealkylation sites (tertiary alicyclic amines) is 1. The van der Waals surface area contributed by atoms with Gasteiger partial charge in [0, 0.05) is 26.7 Å². The van der Waals surface area contributed by atoms with E-state index < -0.39 is 12.1 Å². The van der Waals surface area contributed by atoms with Gasteiger partial charge in [0.2, 0.25) is 5.91 Å². The highest BCUT2D eigenvalue weighted by Gasteiger charge is 2.28. The number of carbonyl (C=O) groups is 1. The molecule has 0 saturated carbocycles. The number of primary amides is 1. The van der Waals surface area contributed by atoms with E-state index in [0.29, 0.717) is 19.5 Å². The number of piperidine rings is 1. The summed E-state index contributed by atoms with van der Waals surface area (Å²) in [5.74, 6) is -0.464. The fraction of sp³-hybridized carbons (Fsp3) is 0.778. The minimum absolute atomic E-state index is 0.306. The highest BCUT2D eigenvalue weighted by molar-refractivity contribution is 5.83. The zero-order chi connectivity index (χ0) is 10.6. The van der Waals surface area contributed by atoms with Crippen molar-refractivity contribution in [3.05, 3.63) is 6.42 Å². The Morgan fingerprint density at radius 1 is 1.79 bits per heavy atom. The van der Waals surface area contributed by atoms with E-state index in [1.807, 2.05) is 4.90 Å². The van der Waals surface area contributed by atoms with Crippen LogP contribution in [-0.2, 0) is 9.53 Å². The predicted molar refractivity (Wildman–Crippen MR) is 50.2 cm³/mol. The average Bonchev–Trinajstić information content (AvgIpc) is 2.15. The van der Waals surface area contributed by atoms with Gasteiger partial charge in [0.05, 0.1) is 12.5 Å². The third-order valence-corrected chi connectivity index (χ3v) is 2.42. The molecule has 1 radical (unpaired) electrons. The molecule has 0 aromatic rings. The maximum Gasteiger partial charge on any atom is 0.222 e. The van der Waals surface area contributed by atoms with Crippen molar-refractivity contribution in [2.24, 2.45) is 5.73 Å². The van der Waals surface area contributed by atoms with E-state index in [2.05, 4.69) is 0 Å². The van der Waals surface area contributed by atoms with E-state index in [-0.39, 0.29) is 6.10 Å². The maximum absolute atomic E-state index is 13.3. The number of rotatable bonds is 4. The van der Waals surface area contributed by atoms with Crippen LogP contribution in [0.15, 0.2) is 0 Å². The molecule has 2 atom stereocenters. The Bertz CT molecular complexity index is 201. The van der Waals surface area contributed by atoms with Gasteiger partial charge in [-0.05, 0) is 6.42 Å². The number of alkyl halides is 1. The standard InChI is InChI=1S/C9H16FN2O2/c1-14-8-2-4-12(6-7(8)10)5-3-9(11)13/h3,7-8H,2,4-6H2,1H3,(H2,11,13). The highest BCUT2D eigenvalue weighted by Crippen LogP contribution is 2.16. The summed E-state index contributed by atoms with van der Waals surface area (Å²) in [5, 5.41) is 0. The van der Waals surface area contributed by atoms with Crippen LogP contribution in [-0.4, -0.2) is 49.8 Å². The van der Waals surface area contributed by atoms with Crippen molar-refractivity contribution in [1.29, 1.82) is 0 Å². The van der Waals surface area contributed by atoms with E-state index >= 15 is 0 Å². The van der Waals surface area contributed by atoms with Crippen LogP contribution in [0, 0.1) is 6.42 Å². The SMILES string of the molecule is COC1CCN(C[CH]C(N)=O)CC1F. The molecule has 14 heavy (non-hydrogen) atoms.